The summed E-state index contributed by atoms with van der Waals surface area (Å²) < 4.78 is 8.17. The first-order chi connectivity index (χ1) is 14.1. The zero-order valence-corrected chi connectivity index (χ0v) is 17.1. The molecule has 1 amide bonds. The summed E-state index contributed by atoms with van der Waals surface area (Å²) in [7, 11) is 2.17. The lowest BCUT2D eigenvalue weighted by Crippen LogP contribution is -2.34. The second kappa shape index (κ2) is 7.30. The van der Waals surface area contributed by atoms with Gasteiger partial charge in [-0.15, -0.1) is 10.2 Å². The number of furan rings is 1. The van der Waals surface area contributed by atoms with Crippen molar-refractivity contribution < 1.29 is 9.21 Å². The van der Waals surface area contributed by atoms with E-state index in [1.54, 1.807) is 0 Å². The third-order valence-electron chi connectivity index (χ3n) is 6.37. The molecular weight excluding hydrogens is 366 g/mol. The first kappa shape index (κ1) is 18.4. The van der Waals surface area contributed by atoms with E-state index in [-0.39, 0.29) is 5.91 Å². The molecule has 29 heavy (non-hydrogen) atoms. The molecule has 0 unspecified atom stereocenters. The zero-order valence-electron chi connectivity index (χ0n) is 17.1. The Morgan fingerprint density at radius 2 is 2.00 bits per heavy atom. The van der Waals surface area contributed by atoms with Gasteiger partial charge in [0, 0.05) is 49.5 Å². The predicted octanol–water partition coefficient (Wildman–Crippen LogP) is 2.84. The lowest BCUT2D eigenvalue weighted by molar-refractivity contribution is 0.0728. The molecule has 7 heteroatoms. The van der Waals surface area contributed by atoms with Crippen LogP contribution in [0.1, 0.15) is 46.5 Å². The minimum absolute atomic E-state index is 0.0311. The number of amides is 1. The van der Waals surface area contributed by atoms with Gasteiger partial charge in [-0.3, -0.25) is 4.79 Å². The molecule has 0 saturated carbocycles. The smallest absolute Gasteiger partial charge is 0.289 e. The van der Waals surface area contributed by atoms with E-state index in [4.69, 9.17) is 4.42 Å². The van der Waals surface area contributed by atoms with Crippen molar-refractivity contribution in [1.82, 2.24) is 24.6 Å². The number of benzene rings is 1. The van der Waals surface area contributed by atoms with Crippen molar-refractivity contribution in [3.8, 4) is 0 Å². The van der Waals surface area contributed by atoms with Crippen molar-refractivity contribution in [2.45, 2.75) is 38.6 Å². The van der Waals surface area contributed by atoms with Gasteiger partial charge < -0.3 is 18.8 Å². The Bertz CT molecular complexity index is 1050. The van der Waals surface area contributed by atoms with Gasteiger partial charge in [0.05, 0.1) is 0 Å². The maximum absolute atomic E-state index is 13.2. The van der Waals surface area contributed by atoms with Gasteiger partial charge in [-0.05, 0) is 39.4 Å². The van der Waals surface area contributed by atoms with Crippen LogP contribution >= 0.6 is 0 Å². The predicted molar refractivity (Wildman–Crippen MR) is 110 cm³/mol. The van der Waals surface area contributed by atoms with Crippen LogP contribution in [0.15, 0.2) is 28.7 Å². The van der Waals surface area contributed by atoms with Gasteiger partial charge in [0.25, 0.3) is 5.91 Å². The Balaban J connectivity index is 1.36. The molecule has 7 nitrogen and oxygen atoms in total. The number of carbonyl (C=O) groups is 1. The van der Waals surface area contributed by atoms with Gasteiger partial charge in [0.1, 0.15) is 17.2 Å². The molecule has 1 atom stereocenters. The Morgan fingerprint density at radius 3 is 2.83 bits per heavy atom. The number of piperidine rings is 1. The van der Waals surface area contributed by atoms with Crippen LogP contribution in [0, 0.1) is 6.92 Å². The summed E-state index contributed by atoms with van der Waals surface area (Å²) in [5.41, 5.74) is 1.68. The Hall–Kier alpha value is -2.67. The molecule has 1 saturated heterocycles. The van der Waals surface area contributed by atoms with E-state index in [0.717, 1.165) is 60.7 Å². The molecule has 0 spiro atoms. The molecule has 0 bridgehead atoms. The van der Waals surface area contributed by atoms with Crippen molar-refractivity contribution in [1.29, 1.82) is 0 Å². The topological polar surface area (TPSA) is 67.4 Å². The normalized spacial score (nSPS) is 20.6. The number of hydrogen-bond donors (Lipinski definition) is 0. The third kappa shape index (κ3) is 3.23. The molecule has 2 aliphatic rings. The van der Waals surface area contributed by atoms with Gasteiger partial charge in [-0.25, -0.2) is 0 Å². The van der Waals surface area contributed by atoms with Crippen LogP contribution in [0.5, 0.6) is 0 Å². The fraction of sp³-hybridized carbons (Fsp3) is 0.500. The van der Waals surface area contributed by atoms with E-state index >= 15 is 0 Å². The summed E-state index contributed by atoms with van der Waals surface area (Å²) in [5, 5.41) is 10.0. The van der Waals surface area contributed by atoms with E-state index in [1.807, 2.05) is 36.1 Å². The molecule has 5 rings (SSSR count). The monoisotopic (exact) mass is 393 g/mol. The van der Waals surface area contributed by atoms with Crippen molar-refractivity contribution >= 4 is 16.9 Å². The number of aromatic nitrogens is 3. The molecule has 1 fully saturated rings. The molecule has 4 heterocycles. The number of hydrogen-bond acceptors (Lipinski definition) is 5. The fourth-order valence-corrected chi connectivity index (χ4v) is 4.75. The number of carbonyl (C=O) groups excluding carboxylic acids is 1. The average Bonchev–Trinajstić information content (AvgIpc) is 3.22. The summed E-state index contributed by atoms with van der Waals surface area (Å²) in [4.78, 5) is 17.5. The van der Waals surface area contributed by atoms with Gasteiger partial charge in [-0.2, -0.15) is 0 Å². The Kier molecular flexibility index (Phi) is 4.62. The maximum Gasteiger partial charge on any atom is 0.289 e. The summed E-state index contributed by atoms with van der Waals surface area (Å²) in [6, 6.07) is 7.82. The fourth-order valence-electron chi connectivity index (χ4n) is 4.75. The second-order valence-electron chi connectivity index (χ2n) is 8.32. The summed E-state index contributed by atoms with van der Waals surface area (Å²) in [5.74, 6) is 2.93. The third-order valence-corrected chi connectivity index (χ3v) is 6.37. The summed E-state index contributed by atoms with van der Waals surface area (Å²) in [6.45, 7) is 6.16. The SMILES string of the molecule is Cc1c(C(=O)N2CCc3nnc([C@@H]4CCCN(C)C4)n3CC2)oc2ccccc12. The van der Waals surface area contributed by atoms with Crippen LogP contribution in [0.2, 0.25) is 0 Å². The standard InChI is InChI=1S/C22H27N5O2/c1-15-17-7-3-4-8-18(17)29-20(15)22(28)26-11-9-19-23-24-21(27(19)13-12-26)16-6-5-10-25(2)14-16/h3-4,7-8,16H,5-6,9-14H2,1-2H3/t16-/m1/s1. The van der Waals surface area contributed by atoms with E-state index in [9.17, 15) is 4.79 Å². The zero-order chi connectivity index (χ0) is 20.0. The van der Waals surface area contributed by atoms with Crippen molar-refractivity contribution in [2.75, 3.05) is 33.2 Å². The first-order valence-electron chi connectivity index (χ1n) is 10.5. The minimum Gasteiger partial charge on any atom is -0.451 e. The van der Waals surface area contributed by atoms with Crippen LogP contribution in [0.25, 0.3) is 11.0 Å². The molecule has 3 aromatic rings. The average molecular weight is 393 g/mol. The second-order valence-corrected chi connectivity index (χ2v) is 8.32. The van der Waals surface area contributed by atoms with E-state index in [1.165, 1.54) is 6.42 Å². The van der Waals surface area contributed by atoms with Gasteiger partial charge in [-0.1, -0.05) is 18.2 Å². The molecule has 2 aliphatic heterocycles. The Labute approximate surface area is 170 Å². The number of likely N-dealkylation sites (N-methyl/N-ethyl adjacent to an activating group) is 1. The van der Waals surface area contributed by atoms with Crippen molar-refractivity contribution in [2.24, 2.45) is 0 Å². The highest BCUT2D eigenvalue weighted by Gasteiger charge is 2.29. The minimum atomic E-state index is -0.0311. The van der Waals surface area contributed by atoms with Crippen LogP contribution in [0.3, 0.4) is 0 Å². The molecule has 0 radical (unpaired) electrons. The highest BCUT2D eigenvalue weighted by atomic mass is 16.3. The largest absolute Gasteiger partial charge is 0.451 e. The van der Waals surface area contributed by atoms with Crippen molar-refractivity contribution in [3.05, 3.63) is 47.2 Å². The molecule has 2 aromatic heterocycles. The highest BCUT2D eigenvalue weighted by molar-refractivity contribution is 5.98. The molecular formula is C22H27N5O2. The van der Waals surface area contributed by atoms with Crippen LogP contribution in [-0.2, 0) is 13.0 Å². The first-order valence-corrected chi connectivity index (χ1v) is 10.5. The lowest BCUT2D eigenvalue weighted by Gasteiger charge is -2.29. The van der Waals surface area contributed by atoms with E-state index in [2.05, 4.69) is 26.7 Å². The number of likely N-dealkylation sites (tertiary alicyclic amines) is 1. The van der Waals surface area contributed by atoms with Gasteiger partial charge >= 0.3 is 0 Å². The highest BCUT2D eigenvalue weighted by Crippen LogP contribution is 2.28. The van der Waals surface area contributed by atoms with E-state index in [0.29, 0.717) is 24.8 Å². The number of rotatable bonds is 2. The van der Waals surface area contributed by atoms with Crippen molar-refractivity contribution in [3.63, 3.8) is 0 Å². The van der Waals surface area contributed by atoms with Gasteiger partial charge in [0.2, 0.25) is 0 Å². The summed E-state index contributed by atoms with van der Waals surface area (Å²) in [6.07, 6.45) is 3.07. The maximum atomic E-state index is 13.2. The van der Waals surface area contributed by atoms with E-state index < -0.39 is 0 Å². The molecule has 1 aromatic carbocycles. The summed E-state index contributed by atoms with van der Waals surface area (Å²) >= 11 is 0. The molecule has 152 valence electrons. The van der Waals surface area contributed by atoms with Crippen LogP contribution in [-0.4, -0.2) is 63.7 Å². The number of fused-ring (bicyclic) bond motifs is 2. The number of aryl methyl sites for hydroxylation is 1. The molecule has 0 aliphatic carbocycles. The number of nitrogens with zero attached hydrogens (tertiary/aromatic N) is 5. The van der Waals surface area contributed by atoms with Crippen LogP contribution < -0.4 is 0 Å². The number of para-hydroxylation sites is 1. The molecule has 0 N–H and O–H groups in total. The van der Waals surface area contributed by atoms with Crippen LogP contribution in [0.4, 0.5) is 0 Å². The lowest BCUT2D eigenvalue weighted by atomic mass is 9.97. The quantitative estimate of drug-likeness (QED) is 0.670. The van der Waals surface area contributed by atoms with Gasteiger partial charge in [0.15, 0.2) is 5.76 Å². The Morgan fingerprint density at radius 1 is 1.14 bits per heavy atom.